The van der Waals surface area contributed by atoms with Crippen molar-refractivity contribution >= 4 is 57.4 Å². The molecule has 2 aromatic heterocycles. The molecule has 0 radical (unpaired) electrons. The highest BCUT2D eigenvalue weighted by Gasteiger charge is 2.45. The number of aromatic nitrogens is 2. The molecule has 0 atom stereocenters. The zero-order valence-corrected chi connectivity index (χ0v) is 19.9. The van der Waals surface area contributed by atoms with Gasteiger partial charge in [-0.05, 0) is 43.2 Å². The minimum absolute atomic E-state index is 0.0836. The largest absolute Gasteiger partial charge is 0.481 e. The van der Waals surface area contributed by atoms with Crippen LogP contribution in [0.1, 0.15) is 25.7 Å². The summed E-state index contributed by atoms with van der Waals surface area (Å²) >= 11 is 6.61. The first-order valence-corrected chi connectivity index (χ1v) is 11.6. The number of carbonyl (C=O) groups excluding carboxylic acids is 1. The van der Waals surface area contributed by atoms with Crippen LogP contribution in [0.15, 0.2) is 35.8 Å². The van der Waals surface area contributed by atoms with E-state index in [0.29, 0.717) is 33.5 Å². The number of aromatic amines is 1. The Labute approximate surface area is 209 Å². The number of carbonyl (C=O) groups is 2. The number of aliphatic carboxylic acids is 1. The average molecular weight is 551 g/mol. The SMILES string of the molecule is O=C(O)CCCCN(C(=O)Nc1ccc(OC(F)(F)CC(F)(F)F)cc1)c1cc(=S)c2ncsc2[nH]1. The average Bonchev–Trinajstić information content (AvgIpc) is 3.22. The number of urea groups is 1. The van der Waals surface area contributed by atoms with E-state index >= 15 is 0 Å². The molecule has 0 aliphatic heterocycles. The van der Waals surface area contributed by atoms with Gasteiger partial charge in [0.25, 0.3) is 0 Å². The molecule has 15 heteroatoms. The van der Waals surface area contributed by atoms with Gasteiger partial charge in [-0.15, -0.1) is 11.3 Å². The molecule has 0 aliphatic rings. The van der Waals surface area contributed by atoms with Crippen LogP contribution < -0.4 is 15.0 Å². The number of hydrogen-bond acceptors (Lipinski definition) is 6. The summed E-state index contributed by atoms with van der Waals surface area (Å²) < 4.78 is 68.2. The van der Waals surface area contributed by atoms with Gasteiger partial charge in [0.1, 0.15) is 28.3 Å². The molecule has 0 spiro atoms. The van der Waals surface area contributed by atoms with Gasteiger partial charge in [-0.2, -0.15) is 22.0 Å². The third-order valence-electron chi connectivity index (χ3n) is 4.65. The van der Waals surface area contributed by atoms with Crippen LogP contribution in [-0.2, 0) is 4.79 Å². The van der Waals surface area contributed by atoms with Gasteiger partial charge in [0.05, 0.1) is 10.0 Å². The van der Waals surface area contributed by atoms with E-state index in [2.05, 4.69) is 20.0 Å². The van der Waals surface area contributed by atoms with E-state index in [0.717, 1.165) is 12.1 Å². The van der Waals surface area contributed by atoms with E-state index in [1.807, 2.05) is 0 Å². The number of rotatable bonds is 10. The third kappa shape index (κ3) is 7.84. The molecule has 0 fully saturated rings. The lowest BCUT2D eigenvalue weighted by Gasteiger charge is -2.23. The summed E-state index contributed by atoms with van der Waals surface area (Å²) in [5.74, 6) is -1.16. The van der Waals surface area contributed by atoms with Gasteiger partial charge in [-0.3, -0.25) is 9.69 Å². The van der Waals surface area contributed by atoms with Crippen molar-refractivity contribution in [3.05, 3.63) is 40.4 Å². The second kappa shape index (κ2) is 11.2. The van der Waals surface area contributed by atoms with Gasteiger partial charge >= 0.3 is 24.3 Å². The fraction of sp³-hybridized carbons (Fsp3) is 0.333. The minimum atomic E-state index is -5.12. The normalized spacial score (nSPS) is 11.9. The molecule has 2 heterocycles. The van der Waals surface area contributed by atoms with Crippen LogP contribution in [0.2, 0.25) is 0 Å². The summed E-state index contributed by atoms with van der Waals surface area (Å²) in [6, 6.07) is 5.26. The number of benzene rings is 1. The molecule has 194 valence electrons. The van der Waals surface area contributed by atoms with Crippen molar-refractivity contribution in [1.29, 1.82) is 0 Å². The maximum Gasteiger partial charge on any atom is 0.406 e. The number of unbranched alkanes of at least 4 members (excludes halogenated alkanes) is 1. The van der Waals surface area contributed by atoms with E-state index in [4.69, 9.17) is 17.3 Å². The summed E-state index contributed by atoms with van der Waals surface area (Å²) in [4.78, 5) is 33.0. The van der Waals surface area contributed by atoms with E-state index in [-0.39, 0.29) is 18.7 Å². The van der Waals surface area contributed by atoms with E-state index in [1.54, 1.807) is 5.51 Å². The zero-order chi connectivity index (χ0) is 26.5. The number of pyridine rings is 1. The second-order valence-electron chi connectivity index (χ2n) is 7.54. The van der Waals surface area contributed by atoms with E-state index < -0.39 is 36.5 Å². The van der Waals surface area contributed by atoms with Gasteiger partial charge in [-0.25, -0.2) is 9.78 Å². The van der Waals surface area contributed by atoms with Crippen LogP contribution in [0.25, 0.3) is 10.3 Å². The van der Waals surface area contributed by atoms with Gasteiger partial charge < -0.3 is 20.1 Å². The van der Waals surface area contributed by atoms with Gasteiger partial charge in [-0.1, -0.05) is 12.2 Å². The molecule has 3 aromatic rings. The van der Waals surface area contributed by atoms with E-state index in [9.17, 15) is 31.5 Å². The summed E-state index contributed by atoms with van der Waals surface area (Å²) in [6.45, 7) is 0.125. The number of carboxylic acids is 1. The Morgan fingerprint density at radius 3 is 2.50 bits per heavy atom. The third-order valence-corrected chi connectivity index (χ3v) is 5.70. The fourth-order valence-electron chi connectivity index (χ4n) is 3.12. The Balaban J connectivity index is 1.75. The first kappa shape index (κ1) is 27.3. The molecular weight excluding hydrogens is 531 g/mol. The van der Waals surface area contributed by atoms with Crippen molar-refractivity contribution in [2.45, 2.75) is 38.0 Å². The van der Waals surface area contributed by atoms with Crippen LogP contribution in [0, 0.1) is 4.51 Å². The summed E-state index contributed by atoms with van der Waals surface area (Å²) in [6.07, 6.45) is -11.4. The number of H-pyrrole nitrogens is 1. The highest BCUT2D eigenvalue weighted by molar-refractivity contribution is 7.71. The predicted molar refractivity (Wildman–Crippen MR) is 125 cm³/mol. The maximum atomic E-state index is 13.5. The molecule has 8 nitrogen and oxygen atoms in total. The lowest BCUT2D eigenvalue weighted by molar-refractivity contribution is -0.255. The van der Waals surface area contributed by atoms with Crippen LogP contribution >= 0.6 is 23.6 Å². The molecule has 36 heavy (non-hydrogen) atoms. The quantitative estimate of drug-likeness (QED) is 0.150. The topological polar surface area (TPSA) is 108 Å². The number of hydrogen-bond donors (Lipinski definition) is 3. The van der Waals surface area contributed by atoms with Crippen LogP contribution in [0.4, 0.5) is 38.3 Å². The van der Waals surface area contributed by atoms with Crippen molar-refractivity contribution in [2.24, 2.45) is 0 Å². The Bertz CT molecular complexity index is 1280. The number of nitrogens with one attached hydrogen (secondary N) is 2. The number of halogens is 5. The van der Waals surface area contributed by atoms with Crippen molar-refractivity contribution < 1.29 is 41.4 Å². The first-order chi connectivity index (χ1) is 16.8. The molecule has 2 amide bonds. The van der Waals surface area contributed by atoms with Crippen LogP contribution in [-0.4, -0.2) is 45.9 Å². The summed E-state index contributed by atoms with van der Waals surface area (Å²) in [5, 5.41) is 11.4. The van der Waals surface area contributed by atoms with E-state index in [1.165, 1.54) is 34.4 Å². The Kier molecular flexibility index (Phi) is 8.45. The molecule has 0 saturated carbocycles. The lowest BCUT2D eigenvalue weighted by atomic mass is 10.2. The second-order valence-corrected chi connectivity index (χ2v) is 8.83. The fourth-order valence-corrected chi connectivity index (χ4v) is 4.15. The molecule has 0 unspecified atom stereocenters. The molecule has 0 aliphatic carbocycles. The zero-order valence-electron chi connectivity index (χ0n) is 18.3. The standard InChI is InChI=1S/C21H19F5N4O4S2/c22-20(23,24)10-21(25,26)34-13-6-4-12(5-7-13)28-19(33)30(8-2-1-3-16(31)32)15-9-14(35)17-18(29-15)36-11-27-17/h4-7,9,11H,1-3,8,10H2,(H,28,33)(H,29,35)(H,31,32). The van der Waals surface area contributed by atoms with Crippen molar-refractivity contribution in [1.82, 2.24) is 9.97 Å². The Morgan fingerprint density at radius 2 is 1.86 bits per heavy atom. The van der Waals surface area contributed by atoms with Crippen molar-refractivity contribution in [3.63, 3.8) is 0 Å². The molecule has 1 aromatic carbocycles. The molecule has 0 saturated heterocycles. The van der Waals surface area contributed by atoms with Crippen molar-refractivity contribution in [2.75, 3.05) is 16.8 Å². The highest BCUT2D eigenvalue weighted by Crippen LogP contribution is 2.34. The Morgan fingerprint density at radius 1 is 1.17 bits per heavy atom. The number of amides is 2. The molecule has 3 N–H and O–H groups in total. The smallest absolute Gasteiger partial charge is 0.406 e. The summed E-state index contributed by atoms with van der Waals surface area (Å²) in [7, 11) is 0. The first-order valence-electron chi connectivity index (χ1n) is 10.3. The van der Waals surface area contributed by atoms with Crippen LogP contribution in [0.3, 0.4) is 0 Å². The predicted octanol–water partition coefficient (Wildman–Crippen LogP) is 6.57. The highest BCUT2D eigenvalue weighted by atomic mass is 32.1. The summed E-state index contributed by atoms with van der Waals surface area (Å²) in [5.41, 5.74) is 2.29. The number of alkyl halides is 5. The van der Waals surface area contributed by atoms with Gasteiger partial charge in [0.2, 0.25) is 0 Å². The number of fused-ring (bicyclic) bond motifs is 1. The monoisotopic (exact) mass is 550 g/mol. The number of carboxylic acid groups (broad SMARTS) is 1. The van der Waals surface area contributed by atoms with Crippen LogP contribution in [0.5, 0.6) is 5.75 Å². The molecule has 0 bridgehead atoms. The van der Waals surface area contributed by atoms with Crippen molar-refractivity contribution in [3.8, 4) is 5.75 Å². The lowest BCUT2D eigenvalue weighted by Crippen LogP contribution is -2.36. The maximum absolute atomic E-state index is 13.5. The molecular formula is C21H19F5N4O4S2. The minimum Gasteiger partial charge on any atom is -0.481 e. The van der Waals surface area contributed by atoms with Gasteiger partial charge in [0, 0.05) is 18.7 Å². The number of anilines is 2. The Hall–Kier alpha value is -3.33. The molecule has 3 rings (SSSR count). The number of nitrogens with zero attached hydrogens (tertiary/aromatic N) is 2. The number of ether oxygens (including phenoxy) is 1. The van der Waals surface area contributed by atoms with Gasteiger partial charge in [0.15, 0.2) is 0 Å². The number of thiazole rings is 1.